The predicted molar refractivity (Wildman–Crippen MR) is 106 cm³/mol. The van der Waals surface area contributed by atoms with Gasteiger partial charge in [-0.05, 0) is 30.3 Å². The molecule has 2 aromatic heterocycles. The van der Waals surface area contributed by atoms with Gasteiger partial charge in [-0.1, -0.05) is 12.6 Å². The molecule has 7 heteroatoms. The number of phenols is 1. The van der Waals surface area contributed by atoms with E-state index in [0.717, 1.165) is 11.1 Å². The molecule has 0 bridgehead atoms. The van der Waals surface area contributed by atoms with Crippen LogP contribution < -0.4 is 4.90 Å². The van der Waals surface area contributed by atoms with Crippen molar-refractivity contribution in [2.45, 2.75) is 0 Å². The van der Waals surface area contributed by atoms with Crippen molar-refractivity contribution in [1.82, 2.24) is 14.9 Å². The highest BCUT2D eigenvalue weighted by Crippen LogP contribution is 2.33. The molecule has 1 fully saturated rings. The third-order valence-corrected chi connectivity index (χ3v) is 4.96. The molecule has 1 amide bonds. The van der Waals surface area contributed by atoms with Crippen molar-refractivity contribution < 1.29 is 14.3 Å². The fraction of sp³-hybridized carbons (Fsp3) is 0.190. The summed E-state index contributed by atoms with van der Waals surface area (Å²) in [6, 6.07) is 7.75. The van der Waals surface area contributed by atoms with Crippen molar-refractivity contribution in [3.63, 3.8) is 0 Å². The van der Waals surface area contributed by atoms with Crippen LogP contribution >= 0.6 is 0 Å². The molecular formula is C21H19FN4O2. The molecule has 28 heavy (non-hydrogen) atoms. The zero-order valence-electron chi connectivity index (χ0n) is 15.2. The number of hydrogen-bond acceptors (Lipinski definition) is 5. The highest BCUT2D eigenvalue weighted by molar-refractivity contribution is 5.93. The number of carbonyl (C=O) groups is 1. The monoisotopic (exact) mass is 378 g/mol. The van der Waals surface area contributed by atoms with Crippen LogP contribution in [-0.4, -0.2) is 52.1 Å². The Labute approximate surface area is 161 Å². The molecule has 1 N–H and O–H groups in total. The van der Waals surface area contributed by atoms with Crippen LogP contribution in [-0.2, 0) is 4.79 Å². The first kappa shape index (κ1) is 17.9. The first-order chi connectivity index (χ1) is 13.6. The van der Waals surface area contributed by atoms with E-state index >= 15 is 0 Å². The molecule has 0 unspecified atom stereocenters. The van der Waals surface area contributed by atoms with Crippen molar-refractivity contribution in [2.24, 2.45) is 0 Å². The van der Waals surface area contributed by atoms with Crippen LogP contribution in [0.25, 0.3) is 22.2 Å². The summed E-state index contributed by atoms with van der Waals surface area (Å²) < 4.78 is 14.2. The van der Waals surface area contributed by atoms with Crippen molar-refractivity contribution in [2.75, 3.05) is 31.1 Å². The van der Waals surface area contributed by atoms with Crippen LogP contribution in [0.3, 0.4) is 0 Å². The van der Waals surface area contributed by atoms with Crippen LogP contribution in [0, 0.1) is 5.82 Å². The Hall–Kier alpha value is -3.48. The highest BCUT2D eigenvalue weighted by atomic mass is 19.1. The number of aromatic nitrogens is 2. The van der Waals surface area contributed by atoms with E-state index in [0.29, 0.717) is 37.4 Å². The van der Waals surface area contributed by atoms with E-state index in [9.17, 15) is 14.3 Å². The maximum absolute atomic E-state index is 14.2. The zero-order valence-corrected chi connectivity index (χ0v) is 15.2. The largest absolute Gasteiger partial charge is 0.507 e. The lowest BCUT2D eigenvalue weighted by molar-refractivity contribution is -0.126. The van der Waals surface area contributed by atoms with E-state index in [1.54, 1.807) is 23.4 Å². The number of halogens is 1. The van der Waals surface area contributed by atoms with Crippen LogP contribution in [0.15, 0.2) is 55.4 Å². The minimum atomic E-state index is -0.536. The van der Waals surface area contributed by atoms with Gasteiger partial charge < -0.3 is 14.9 Å². The summed E-state index contributed by atoms with van der Waals surface area (Å²) in [5.74, 6) is -0.757. The number of amides is 1. The van der Waals surface area contributed by atoms with Crippen LogP contribution in [0.4, 0.5) is 10.1 Å². The molecule has 6 nitrogen and oxygen atoms in total. The molecule has 0 saturated carbocycles. The van der Waals surface area contributed by atoms with E-state index in [4.69, 9.17) is 0 Å². The average molecular weight is 378 g/mol. The zero-order chi connectivity index (χ0) is 19.7. The minimum absolute atomic E-state index is 0.0600. The molecule has 0 radical (unpaired) electrons. The Morgan fingerprint density at radius 2 is 1.96 bits per heavy atom. The van der Waals surface area contributed by atoms with Gasteiger partial charge in [0, 0.05) is 49.6 Å². The molecule has 4 rings (SSSR count). The predicted octanol–water partition coefficient (Wildman–Crippen LogP) is 2.98. The number of aromatic hydroxyl groups is 1. The number of hydrogen-bond donors (Lipinski definition) is 1. The lowest BCUT2D eigenvalue weighted by atomic mass is 10.1. The van der Waals surface area contributed by atoms with Crippen LogP contribution in [0.5, 0.6) is 5.75 Å². The minimum Gasteiger partial charge on any atom is -0.507 e. The summed E-state index contributed by atoms with van der Waals surface area (Å²) in [5.41, 5.74) is 2.02. The van der Waals surface area contributed by atoms with Crippen LogP contribution in [0.1, 0.15) is 0 Å². The van der Waals surface area contributed by atoms with E-state index in [1.165, 1.54) is 24.3 Å². The van der Waals surface area contributed by atoms with E-state index in [1.807, 2.05) is 6.07 Å². The van der Waals surface area contributed by atoms with Crippen LogP contribution in [0.2, 0.25) is 0 Å². The molecule has 0 aliphatic carbocycles. The number of piperazine rings is 1. The van der Waals surface area contributed by atoms with Crippen molar-refractivity contribution in [3.8, 4) is 17.0 Å². The molecular weight excluding hydrogens is 359 g/mol. The van der Waals surface area contributed by atoms with E-state index in [2.05, 4.69) is 21.4 Å². The third kappa shape index (κ3) is 3.15. The fourth-order valence-electron chi connectivity index (χ4n) is 3.50. The number of anilines is 1. The summed E-state index contributed by atoms with van der Waals surface area (Å²) in [7, 11) is 0. The third-order valence-electron chi connectivity index (χ3n) is 4.96. The summed E-state index contributed by atoms with van der Waals surface area (Å²) in [6.07, 6.45) is 4.69. The van der Waals surface area contributed by atoms with E-state index < -0.39 is 5.82 Å². The molecule has 1 saturated heterocycles. The van der Waals surface area contributed by atoms with Gasteiger partial charge in [-0.3, -0.25) is 14.8 Å². The molecule has 1 aliphatic heterocycles. The number of nitrogens with zero attached hydrogens (tertiary/aromatic N) is 4. The maximum Gasteiger partial charge on any atom is 0.246 e. The van der Waals surface area contributed by atoms with Crippen molar-refractivity contribution in [3.05, 3.63) is 61.2 Å². The topological polar surface area (TPSA) is 69.6 Å². The second-order valence-corrected chi connectivity index (χ2v) is 6.57. The molecule has 1 aliphatic rings. The SMILES string of the molecule is C=CC(=O)N1CCN(c2ccnc3cc(-c4c(O)cccc4F)ncc23)CC1. The number of rotatable bonds is 3. The summed E-state index contributed by atoms with van der Waals surface area (Å²) in [4.78, 5) is 24.5. The van der Waals surface area contributed by atoms with Gasteiger partial charge in [-0.15, -0.1) is 0 Å². The number of fused-ring (bicyclic) bond motifs is 1. The Morgan fingerprint density at radius 3 is 2.68 bits per heavy atom. The fourth-order valence-corrected chi connectivity index (χ4v) is 3.50. The van der Waals surface area contributed by atoms with E-state index in [-0.39, 0.29) is 17.2 Å². The average Bonchev–Trinajstić information content (AvgIpc) is 2.72. The molecule has 0 atom stereocenters. The first-order valence-electron chi connectivity index (χ1n) is 8.97. The van der Waals surface area contributed by atoms with Gasteiger partial charge in [-0.2, -0.15) is 0 Å². The second-order valence-electron chi connectivity index (χ2n) is 6.57. The number of benzene rings is 1. The first-order valence-corrected chi connectivity index (χ1v) is 8.97. The Bertz CT molecular complexity index is 1040. The molecule has 0 spiro atoms. The summed E-state index contributed by atoms with van der Waals surface area (Å²) in [5, 5.41) is 10.9. The van der Waals surface area contributed by atoms with Gasteiger partial charge >= 0.3 is 0 Å². The quantitative estimate of drug-likeness (QED) is 0.710. The van der Waals surface area contributed by atoms with Gasteiger partial charge in [0.15, 0.2) is 0 Å². The number of carbonyl (C=O) groups excluding carboxylic acids is 1. The smallest absolute Gasteiger partial charge is 0.246 e. The maximum atomic E-state index is 14.2. The lowest BCUT2D eigenvalue weighted by Gasteiger charge is -2.36. The summed E-state index contributed by atoms with van der Waals surface area (Å²) >= 11 is 0. The van der Waals surface area contributed by atoms with Gasteiger partial charge in [0.1, 0.15) is 11.6 Å². The Balaban J connectivity index is 1.67. The standard InChI is InChI=1S/C21H19FN4O2/c1-2-20(28)26-10-8-25(9-11-26)18-6-7-23-16-12-17(24-13-14(16)18)21-15(22)4-3-5-19(21)27/h2-7,12-13,27H,1,8-11H2. The Morgan fingerprint density at radius 1 is 1.18 bits per heavy atom. The molecule has 3 aromatic rings. The van der Waals surface area contributed by atoms with Gasteiger partial charge in [-0.25, -0.2) is 4.39 Å². The van der Waals surface area contributed by atoms with Gasteiger partial charge in [0.05, 0.1) is 16.8 Å². The molecule has 3 heterocycles. The second kappa shape index (κ2) is 7.26. The highest BCUT2D eigenvalue weighted by Gasteiger charge is 2.21. The van der Waals surface area contributed by atoms with Crippen molar-refractivity contribution >= 4 is 22.5 Å². The summed E-state index contributed by atoms with van der Waals surface area (Å²) in [6.45, 7) is 6.14. The normalized spacial score (nSPS) is 14.3. The Kier molecular flexibility index (Phi) is 4.65. The number of pyridine rings is 2. The molecule has 1 aromatic carbocycles. The van der Waals surface area contributed by atoms with Gasteiger partial charge in [0.2, 0.25) is 5.91 Å². The van der Waals surface area contributed by atoms with Crippen molar-refractivity contribution in [1.29, 1.82) is 0 Å². The number of phenolic OH excluding ortho intramolecular Hbond substituents is 1. The van der Waals surface area contributed by atoms with Gasteiger partial charge in [0.25, 0.3) is 0 Å². The lowest BCUT2D eigenvalue weighted by Crippen LogP contribution is -2.48. The molecule has 142 valence electrons.